The normalized spacial score (nSPS) is 12.6. The van der Waals surface area contributed by atoms with Gasteiger partial charge >= 0.3 is 0 Å². The second-order valence-corrected chi connectivity index (χ2v) is 4.35. The van der Waals surface area contributed by atoms with Gasteiger partial charge in [-0.3, -0.25) is 9.69 Å². The first-order valence-corrected chi connectivity index (χ1v) is 5.84. The van der Waals surface area contributed by atoms with Gasteiger partial charge in [-0.15, -0.1) is 0 Å². The Morgan fingerprint density at radius 2 is 2.22 bits per heavy atom. The zero-order chi connectivity index (χ0) is 13.7. The lowest BCUT2D eigenvalue weighted by atomic mass is 10.2. The van der Waals surface area contributed by atoms with E-state index in [1.165, 1.54) is 6.07 Å². The van der Waals surface area contributed by atoms with Crippen LogP contribution in [-0.2, 0) is 4.79 Å². The van der Waals surface area contributed by atoms with Crippen LogP contribution in [0.1, 0.15) is 12.5 Å². The third-order valence-corrected chi connectivity index (χ3v) is 2.88. The van der Waals surface area contributed by atoms with Crippen LogP contribution in [0, 0.1) is 12.7 Å². The lowest BCUT2D eigenvalue weighted by Crippen LogP contribution is -2.41. The summed E-state index contributed by atoms with van der Waals surface area (Å²) in [5, 5.41) is 11.3. The molecule has 4 nitrogen and oxygen atoms in total. The van der Waals surface area contributed by atoms with E-state index >= 15 is 0 Å². The van der Waals surface area contributed by atoms with Crippen LogP contribution in [0.3, 0.4) is 0 Å². The van der Waals surface area contributed by atoms with Gasteiger partial charge in [0.05, 0.1) is 18.3 Å². The van der Waals surface area contributed by atoms with Crippen molar-refractivity contribution < 1.29 is 14.3 Å². The van der Waals surface area contributed by atoms with Crippen molar-refractivity contribution in [2.75, 3.05) is 25.5 Å². The summed E-state index contributed by atoms with van der Waals surface area (Å²) in [4.78, 5) is 13.6. The highest BCUT2D eigenvalue weighted by molar-refractivity contribution is 5.94. The van der Waals surface area contributed by atoms with E-state index in [4.69, 9.17) is 5.11 Å². The summed E-state index contributed by atoms with van der Waals surface area (Å²) in [5.41, 5.74) is 0.978. The molecule has 1 atom stereocenters. The molecule has 0 heterocycles. The van der Waals surface area contributed by atoms with Gasteiger partial charge in [-0.05, 0) is 38.6 Å². The van der Waals surface area contributed by atoms with E-state index in [2.05, 4.69) is 5.32 Å². The van der Waals surface area contributed by atoms with Crippen LogP contribution >= 0.6 is 0 Å². The van der Waals surface area contributed by atoms with E-state index in [-0.39, 0.29) is 18.2 Å². The number of aryl methyl sites for hydroxylation is 1. The van der Waals surface area contributed by atoms with Crippen molar-refractivity contribution in [1.29, 1.82) is 0 Å². The molecule has 0 fully saturated rings. The highest BCUT2D eigenvalue weighted by Crippen LogP contribution is 2.15. The molecule has 1 rings (SSSR count). The third kappa shape index (κ3) is 3.78. The summed E-state index contributed by atoms with van der Waals surface area (Å²) in [6.45, 7) is 3.86. The largest absolute Gasteiger partial charge is 0.395 e. The lowest BCUT2D eigenvalue weighted by molar-refractivity contribution is -0.120. The molecule has 0 saturated carbocycles. The van der Waals surface area contributed by atoms with Gasteiger partial charge in [0.1, 0.15) is 5.82 Å². The first-order chi connectivity index (χ1) is 8.45. The molecular formula is C13H19FN2O2. The van der Waals surface area contributed by atoms with Crippen LogP contribution in [0.15, 0.2) is 18.2 Å². The molecule has 5 heteroatoms. The fraction of sp³-hybridized carbons (Fsp3) is 0.462. The topological polar surface area (TPSA) is 52.6 Å². The van der Waals surface area contributed by atoms with Gasteiger partial charge in [-0.25, -0.2) is 4.39 Å². The third-order valence-electron chi connectivity index (χ3n) is 2.88. The number of hydrogen-bond acceptors (Lipinski definition) is 3. The number of carbonyl (C=O) groups is 1. The predicted molar refractivity (Wildman–Crippen MR) is 68.9 cm³/mol. The van der Waals surface area contributed by atoms with Crippen molar-refractivity contribution in [3.63, 3.8) is 0 Å². The quantitative estimate of drug-likeness (QED) is 0.834. The number of nitrogens with zero attached hydrogens (tertiary/aromatic N) is 1. The minimum atomic E-state index is -0.444. The van der Waals surface area contributed by atoms with E-state index in [0.717, 1.165) is 5.56 Å². The van der Waals surface area contributed by atoms with Gasteiger partial charge in [0.2, 0.25) is 5.91 Å². The number of halogens is 1. The highest BCUT2D eigenvalue weighted by Gasteiger charge is 2.18. The molecule has 1 aromatic carbocycles. The summed E-state index contributed by atoms with van der Waals surface area (Å²) in [7, 11) is 1.73. The molecule has 1 unspecified atom stereocenters. The number of likely N-dealkylation sites (N-methyl/N-ethyl adjacent to an activating group) is 1. The summed E-state index contributed by atoms with van der Waals surface area (Å²) >= 11 is 0. The number of aliphatic hydroxyl groups is 1. The minimum absolute atomic E-state index is 0.0208. The molecule has 0 aliphatic heterocycles. The van der Waals surface area contributed by atoms with Gasteiger partial charge in [0.15, 0.2) is 0 Å². The van der Waals surface area contributed by atoms with E-state index in [9.17, 15) is 9.18 Å². The van der Waals surface area contributed by atoms with E-state index < -0.39 is 11.9 Å². The second kappa shape index (κ2) is 6.47. The number of carbonyl (C=O) groups excluding carboxylic acids is 1. The standard InChI is InChI=1S/C13H19FN2O2/c1-9-4-5-12(11(14)8-9)15-13(18)10(2)16(3)6-7-17/h4-5,8,10,17H,6-7H2,1-3H3,(H,15,18). The molecule has 2 N–H and O–H groups in total. The number of rotatable bonds is 5. The zero-order valence-corrected chi connectivity index (χ0v) is 10.9. The Kier molecular flexibility index (Phi) is 5.25. The molecule has 100 valence electrons. The van der Waals surface area contributed by atoms with Gasteiger partial charge < -0.3 is 10.4 Å². The molecular weight excluding hydrogens is 235 g/mol. The Morgan fingerprint density at radius 3 is 2.78 bits per heavy atom. The van der Waals surface area contributed by atoms with Crippen LogP contribution in [0.5, 0.6) is 0 Å². The van der Waals surface area contributed by atoms with Crippen molar-refractivity contribution in [1.82, 2.24) is 4.90 Å². The van der Waals surface area contributed by atoms with E-state index in [0.29, 0.717) is 6.54 Å². The highest BCUT2D eigenvalue weighted by atomic mass is 19.1. The van der Waals surface area contributed by atoms with E-state index in [1.807, 2.05) is 0 Å². The number of nitrogens with one attached hydrogen (secondary N) is 1. The summed E-state index contributed by atoms with van der Waals surface area (Å²) < 4.78 is 13.6. The maximum Gasteiger partial charge on any atom is 0.241 e. The fourth-order valence-corrected chi connectivity index (χ4v) is 1.51. The molecule has 1 amide bonds. The molecule has 0 saturated heterocycles. The summed E-state index contributed by atoms with van der Waals surface area (Å²) in [6.07, 6.45) is 0. The van der Waals surface area contributed by atoms with Crippen molar-refractivity contribution >= 4 is 11.6 Å². The average molecular weight is 254 g/mol. The molecule has 0 bridgehead atoms. The molecule has 0 spiro atoms. The Bertz CT molecular complexity index is 423. The van der Waals surface area contributed by atoms with Crippen LogP contribution in [-0.4, -0.2) is 42.2 Å². The molecule has 0 radical (unpaired) electrons. The number of aliphatic hydroxyl groups excluding tert-OH is 1. The molecule has 1 aromatic rings. The van der Waals surface area contributed by atoms with Crippen molar-refractivity contribution in [2.24, 2.45) is 0 Å². The number of hydrogen-bond donors (Lipinski definition) is 2. The number of amides is 1. The van der Waals surface area contributed by atoms with Gasteiger partial charge in [0.25, 0.3) is 0 Å². The van der Waals surface area contributed by atoms with Gasteiger partial charge in [0, 0.05) is 6.54 Å². The Hall–Kier alpha value is -1.46. The monoisotopic (exact) mass is 254 g/mol. The van der Waals surface area contributed by atoms with Crippen molar-refractivity contribution in [3.05, 3.63) is 29.6 Å². The van der Waals surface area contributed by atoms with Crippen LogP contribution in [0.4, 0.5) is 10.1 Å². The molecule has 0 aromatic heterocycles. The van der Waals surface area contributed by atoms with Gasteiger partial charge in [-0.2, -0.15) is 0 Å². The zero-order valence-electron chi connectivity index (χ0n) is 10.9. The summed E-state index contributed by atoms with van der Waals surface area (Å²) in [6, 6.07) is 4.22. The lowest BCUT2D eigenvalue weighted by Gasteiger charge is -2.22. The average Bonchev–Trinajstić information content (AvgIpc) is 2.32. The smallest absolute Gasteiger partial charge is 0.241 e. The Balaban J connectivity index is 2.69. The SMILES string of the molecule is Cc1ccc(NC(=O)C(C)N(C)CCO)c(F)c1. The maximum atomic E-state index is 13.6. The van der Waals surface area contributed by atoms with Crippen LogP contribution < -0.4 is 5.32 Å². The van der Waals surface area contributed by atoms with Crippen molar-refractivity contribution in [3.8, 4) is 0 Å². The number of benzene rings is 1. The predicted octanol–water partition coefficient (Wildman–Crippen LogP) is 1.39. The maximum absolute atomic E-state index is 13.6. The second-order valence-electron chi connectivity index (χ2n) is 4.35. The summed E-state index contributed by atoms with van der Waals surface area (Å²) in [5.74, 6) is -0.742. The number of anilines is 1. The Labute approximate surface area is 106 Å². The minimum Gasteiger partial charge on any atom is -0.395 e. The molecule has 18 heavy (non-hydrogen) atoms. The van der Waals surface area contributed by atoms with E-state index in [1.54, 1.807) is 37.9 Å². The van der Waals surface area contributed by atoms with Gasteiger partial charge in [-0.1, -0.05) is 6.07 Å². The Morgan fingerprint density at radius 1 is 1.56 bits per heavy atom. The van der Waals surface area contributed by atoms with Crippen LogP contribution in [0.25, 0.3) is 0 Å². The first-order valence-electron chi connectivity index (χ1n) is 5.84. The van der Waals surface area contributed by atoms with Crippen LogP contribution in [0.2, 0.25) is 0 Å². The molecule has 0 aliphatic carbocycles. The fourth-order valence-electron chi connectivity index (χ4n) is 1.51. The molecule has 0 aliphatic rings. The first kappa shape index (κ1) is 14.6. The van der Waals surface area contributed by atoms with Crippen molar-refractivity contribution in [2.45, 2.75) is 19.9 Å².